The molecule has 0 bridgehead atoms. The number of methoxy groups -OCH3 is 1. The van der Waals surface area contributed by atoms with Crippen molar-refractivity contribution in [3.63, 3.8) is 0 Å². The maximum absolute atomic E-state index is 11.4. The molecular formula is C13H14O4. The summed E-state index contributed by atoms with van der Waals surface area (Å²) >= 11 is 0. The molecule has 0 saturated heterocycles. The molecule has 0 fully saturated rings. The number of ketones is 1. The number of hydrogen-bond donors (Lipinski definition) is 0. The van der Waals surface area contributed by atoms with Crippen molar-refractivity contribution in [2.45, 2.75) is 13.8 Å². The van der Waals surface area contributed by atoms with Crippen LogP contribution < -0.4 is 4.74 Å². The van der Waals surface area contributed by atoms with E-state index < -0.39 is 5.97 Å². The van der Waals surface area contributed by atoms with E-state index in [0.29, 0.717) is 11.3 Å². The highest BCUT2D eigenvalue weighted by Gasteiger charge is 2.07. The van der Waals surface area contributed by atoms with Gasteiger partial charge in [0.05, 0.1) is 25.0 Å². The van der Waals surface area contributed by atoms with E-state index in [1.54, 1.807) is 12.1 Å². The minimum Gasteiger partial charge on any atom is -0.466 e. The monoisotopic (exact) mass is 234 g/mol. The lowest BCUT2D eigenvalue weighted by molar-refractivity contribution is -0.134. The molecule has 0 saturated carbocycles. The third-order valence-electron chi connectivity index (χ3n) is 2.11. The second-order valence-corrected chi connectivity index (χ2v) is 3.50. The van der Waals surface area contributed by atoms with E-state index in [9.17, 15) is 9.59 Å². The van der Waals surface area contributed by atoms with Crippen molar-refractivity contribution in [2.24, 2.45) is 0 Å². The van der Waals surface area contributed by atoms with Crippen molar-refractivity contribution in [1.29, 1.82) is 0 Å². The second kappa shape index (κ2) is 5.84. The first kappa shape index (κ1) is 13.0. The lowest BCUT2D eigenvalue weighted by Crippen LogP contribution is -1.99. The Kier molecular flexibility index (Phi) is 4.46. The fourth-order valence-corrected chi connectivity index (χ4v) is 1.25. The third kappa shape index (κ3) is 3.75. The highest BCUT2D eigenvalue weighted by molar-refractivity contribution is 5.97. The van der Waals surface area contributed by atoms with Crippen LogP contribution in [0.25, 0.3) is 0 Å². The quantitative estimate of drug-likeness (QED) is 0.347. The van der Waals surface area contributed by atoms with Gasteiger partial charge in [0.1, 0.15) is 5.75 Å². The largest absolute Gasteiger partial charge is 0.466 e. The summed E-state index contributed by atoms with van der Waals surface area (Å²) in [5.41, 5.74) is 1.46. The van der Waals surface area contributed by atoms with Gasteiger partial charge in [0.15, 0.2) is 5.78 Å². The number of carbonyl (C=O) groups excluding carboxylic acids is 2. The van der Waals surface area contributed by atoms with Crippen molar-refractivity contribution in [3.8, 4) is 5.75 Å². The summed E-state index contributed by atoms with van der Waals surface area (Å²) in [6.45, 7) is 3.35. The Balaban J connectivity index is 2.87. The van der Waals surface area contributed by atoms with E-state index in [0.717, 1.165) is 11.6 Å². The Morgan fingerprint density at radius 3 is 2.59 bits per heavy atom. The number of ether oxygens (including phenoxy) is 2. The zero-order chi connectivity index (χ0) is 12.8. The van der Waals surface area contributed by atoms with Gasteiger partial charge in [-0.05, 0) is 26.0 Å². The van der Waals surface area contributed by atoms with Crippen LogP contribution in [-0.4, -0.2) is 18.9 Å². The van der Waals surface area contributed by atoms with Crippen LogP contribution in [0, 0.1) is 6.92 Å². The minimum atomic E-state index is -0.513. The summed E-state index contributed by atoms with van der Waals surface area (Å²) in [7, 11) is 1.28. The molecule has 17 heavy (non-hydrogen) atoms. The standard InChI is InChI=1S/C13H14O4/c1-9-4-5-12(11(8-9)10(2)14)17-7-6-13(15)16-3/h4-8H,1-3H3. The van der Waals surface area contributed by atoms with Crippen LogP contribution in [0.1, 0.15) is 22.8 Å². The Hall–Kier alpha value is -2.10. The molecule has 4 heteroatoms. The number of carbonyl (C=O) groups is 2. The SMILES string of the molecule is COC(=O)C=COc1ccc(C)cc1C(C)=O. The van der Waals surface area contributed by atoms with Crippen LogP contribution in [-0.2, 0) is 9.53 Å². The number of aryl methyl sites for hydroxylation is 1. The van der Waals surface area contributed by atoms with E-state index in [-0.39, 0.29) is 5.78 Å². The summed E-state index contributed by atoms with van der Waals surface area (Å²) < 4.78 is 9.64. The molecule has 0 spiro atoms. The van der Waals surface area contributed by atoms with Crippen molar-refractivity contribution in [3.05, 3.63) is 41.7 Å². The van der Waals surface area contributed by atoms with Gasteiger partial charge in [-0.2, -0.15) is 0 Å². The van der Waals surface area contributed by atoms with Crippen LogP contribution in [0.2, 0.25) is 0 Å². The highest BCUT2D eigenvalue weighted by atomic mass is 16.5. The molecule has 1 aromatic rings. The lowest BCUT2D eigenvalue weighted by Gasteiger charge is -2.06. The maximum Gasteiger partial charge on any atom is 0.333 e. The topological polar surface area (TPSA) is 52.6 Å². The molecular weight excluding hydrogens is 220 g/mol. The average molecular weight is 234 g/mol. The Morgan fingerprint density at radius 1 is 1.29 bits per heavy atom. The average Bonchev–Trinajstić information content (AvgIpc) is 2.30. The molecule has 0 aliphatic carbocycles. The van der Waals surface area contributed by atoms with Crippen LogP contribution in [0.5, 0.6) is 5.75 Å². The van der Waals surface area contributed by atoms with Crippen LogP contribution >= 0.6 is 0 Å². The molecule has 0 aliphatic rings. The first-order chi connectivity index (χ1) is 8.04. The van der Waals surface area contributed by atoms with E-state index in [1.165, 1.54) is 20.3 Å². The molecule has 0 N–H and O–H groups in total. The predicted molar refractivity (Wildman–Crippen MR) is 63.0 cm³/mol. The molecule has 90 valence electrons. The molecule has 1 aromatic carbocycles. The molecule has 0 amide bonds. The van der Waals surface area contributed by atoms with Gasteiger partial charge in [-0.15, -0.1) is 0 Å². The first-order valence-electron chi connectivity index (χ1n) is 5.07. The smallest absolute Gasteiger partial charge is 0.333 e. The number of Topliss-reactive ketones (excluding diaryl/α,β-unsaturated/α-hetero) is 1. The molecule has 0 aromatic heterocycles. The van der Waals surface area contributed by atoms with E-state index in [4.69, 9.17) is 4.74 Å². The molecule has 1 rings (SSSR count). The van der Waals surface area contributed by atoms with Crippen molar-refractivity contribution >= 4 is 11.8 Å². The van der Waals surface area contributed by atoms with Gasteiger partial charge in [-0.3, -0.25) is 4.79 Å². The lowest BCUT2D eigenvalue weighted by atomic mass is 10.1. The van der Waals surface area contributed by atoms with Gasteiger partial charge >= 0.3 is 5.97 Å². The molecule has 0 heterocycles. The van der Waals surface area contributed by atoms with E-state index in [1.807, 2.05) is 13.0 Å². The maximum atomic E-state index is 11.4. The van der Waals surface area contributed by atoms with Gasteiger partial charge in [0.25, 0.3) is 0 Å². The summed E-state index contributed by atoms with van der Waals surface area (Å²) in [4.78, 5) is 22.2. The van der Waals surface area contributed by atoms with Gasteiger partial charge in [0, 0.05) is 0 Å². The van der Waals surface area contributed by atoms with Crippen LogP contribution in [0.15, 0.2) is 30.5 Å². The summed E-state index contributed by atoms with van der Waals surface area (Å²) in [5, 5.41) is 0. The van der Waals surface area contributed by atoms with Crippen molar-refractivity contribution < 1.29 is 19.1 Å². The first-order valence-corrected chi connectivity index (χ1v) is 5.07. The Labute approximate surface area is 99.8 Å². The fraction of sp³-hybridized carbons (Fsp3) is 0.231. The molecule has 0 atom stereocenters. The van der Waals surface area contributed by atoms with Gasteiger partial charge in [-0.1, -0.05) is 11.6 Å². The molecule has 0 aliphatic heterocycles. The Morgan fingerprint density at radius 2 is 2.00 bits per heavy atom. The molecule has 4 nitrogen and oxygen atoms in total. The minimum absolute atomic E-state index is 0.0878. The Bertz CT molecular complexity index is 460. The van der Waals surface area contributed by atoms with E-state index >= 15 is 0 Å². The zero-order valence-corrected chi connectivity index (χ0v) is 10.0. The number of hydrogen-bond acceptors (Lipinski definition) is 4. The van der Waals surface area contributed by atoms with Crippen molar-refractivity contribution in [1.82, 2.24) is 0 Å². The number of benzene rings is 1. The number of rotatable bonds is 4. The molecule has 0 unspecified atom stereocenters. The fourth-order valence-electron chi connectivity index (χ4n) is 1.25. The third-order valence-corrected chi connectivity index (χ3v) is 2.11. The summed E-state index contributed by atoms with van der Waals surface area (Å²) in [5.74, 6) is -0.181. The molecule has 0 radical (unpaired) electrons. The summed E-state index contributed by atoms with van der Waals surface area (Å²) in [6.07, 6.45) is 2.34. The second-order valence-electron chi connectivity index (χ2n) is 3.50. The highest BCUT2D eigenvalue weighted by Crippen LogP contribution is 2.20. The zero-order valence-electron chi connectivity index (χ0n) is 10.0. The van der Waals surface area contributed by atoms with Gasteiger partial charge in [0.2, 0.25) is 0 Å². The normalized spacial score (nSPS) is 10.3. The number of esters is 1. The summed E-state index contributed by atoms with van der Waals surface area (Å²) in [6, 6.07) is 5.26. The van der Waals surface area contributed by atoms with Gasteiger partial charge in [-0.25, -0.2) is 4.79 Å². The van der Waals surface area contributed by atoms with Gasteiger partial charge < -0.3 is 9.47 Å². The van der Waals surface area contributed by atoms with Crippen LogP contribution in [0.3, 0.4) is 0 Å². The predicted octanol–water partition coefficient (Wildman–Crippen LogP) is 2.26. The van der Waals surface area contributed by atoms with Crippen LogP contribution in [0.4, 0.5) is 0 Å². The van der Waals surface area contributed by atoms with Crippen molar-refractivity contribution in [2.75, 3.05) is 7.11 Å². The van der Waals surface area contributed by atoms with E-state index in [2.05, 4.69) is 4.74 Å².